The Balaban J connectivity index is 1.88. The highest BCUT2D eigenvalue weighted by Crippen LogP contribution is 2.16. The van der Waals surface area contributed by atoms with Crippen molar-refractivity contribution in [2.24, 2.45) is 0 Å². The van der Waals surface area contributed by atoms with Crippen LogP contribution in [0.4, 0.5) is 10.5 Å². The zero-order valence-electron chi connectivity index (χ0n) is 9.73. The van der Waals surface area contributed by atoms with E-state index in [1.54, 1.807) is 19.2 Å². The molecule has 0 aliphatic carbocycles. The molecule has 2 rings (SSSR count). The number of ether oxygens (including phenoxy) is 2. The maximum Gasteiger partial charge on any atom is 0.321 e. The first kappa shape index (κ1) is 11.7. The van der Waals surface area contributed by atoms with Gasteiger partial charge in [-0.05, 0) is 25.0 Å². The highest BCUT2D eigenvalue weighted by molar-refractivity contribution is 5.89. The monoisotopic (exact) mass is 236 g/mol. The van der Waals surface area contributed by atoms with Crippen molar-refractivity contribution in [1.29, 1.82) is 0 Å². The van der Waals surface area contributed by atoms with Crippen LogP contribution in [0, 0.1) is 0 Å². The van der Waals surface area contributed by atoms with Gasteiger partial charge in [-0.25, -0.2) is 4.79 Å². The number of carbonyl (C=O) groups excluding carboxylic acids is 1. The van der Waals surface area contributed by atoms with Crippen molar-refractivity contribution in [2.45, 2.75) is 19.1 Å². The summed E-state index contributed by atoms with van der Waals surface area (Å²) in [6.45, 7) is 0.712. The average Bonchev–Trinajstić information content (AvgIpc) is 2.82. The second-order valence-corrected chi connectivity index (χ2v) is 3.83. The lowest BCUT2D eigenvalue weighted by molar-refractivity contribution is 0.0928. The summed E-state index contributed by atoms with van der Waals surface area (Å²) in [7, 11) is 1.59. The van der Waals surface area contributed by atoms with Crippen LogP contribution in [0.3, 0.4) is 0 Å². The minimum Gasteiger partial charge on any atom is -0.497 e. The Labute approximate surface area is 100 Å². The van der Waals surface area contributed by atoms with E-state index in [4.69, 9.17) is 9.47 Å². The van der Waals surface area contributed by atoms with E-state index in [1.165, 1.54) is 0 Å². The fourth-order valence-corrected chi connectivity index (χ4v) is 1.71. The quantitative estimate of drug-likeness (QED) is 0.843. The van der Waals surface area contributed by atoms with E-state index in [-0.39, 0.29) is 12.3 Å². The Morgan fingerprint density at radius 3 is 3.12 bits per heavy atom. The molecule has 0 saturated carbocycles. The largest absolute Gasteiger partial charge is 0.497 e. The Kier molecular flexibility index (Phi) is 3.82. The predicted molar refractivity (Wildman–Crippen MR) is 64.1 cm³/mol. The molecule has 1 unspecified atom stereocenters. The van der Waals surface area contributed by atoms with Gasteiger partial charge in [0.15, 0.2) is 0 Å². The molecule has 1 saturated heterocycles. The van der Waals surface area contributed by atoms with Crippen LogP contribution in [-0.4, -0.2) is 26.0 Å². The number of hydrogen-bond acceptors (Lipinski definition) is 3. The third-order valence-electron chi connectivity index (χ3n) is 2.55. The number of nitrogens with one attached hydrogen (secondary N) is 2. The molecule has 0 bridgehead atoms. The van der Waals surface area contributed by atoms with E-state index in [0.717, 1.165) is 12.8 Å². The van der Waals surface area contributed by atoms with Gasteiger partial charge in [0.1, 0.15) is 12.0 Å². The lowest BCUT2D eigenvalue weighted by atomic mass is 10.3. The molecule has 2 amide bonds. The molecule has 1 aliphatic rings. The summed E-state index contributed by atoms with van der Waals surface area (Å²) in [5.41, 5.74) is 0.694. The highest BCUT2D eigenvalue weighted by Gasteiger charge is 2.17. The van der Waals surface area contributed by atoms with Crippen LogP contribution in [0.5, 0.6) is 5.75 Å². The first-order valence-electron chi connectivity index (χ1n) is 5.61. The fourth-order valence-electron chi connectivity index (χ4n) is 1.71. The van der Waals surface area contributed by atoms with Crippen LogP contribution in [0.15, 0.2) is 24.3 Å². The number of amides is 2. The van der Waals surface area contributed by atoms with E-state index in [1.807, 2.05) is 12.1 Å². The van der Waals surface area contributed by atoms with Crippen molar-refractivity contribution in [3.63, 3.8) is 0 Å². The first-order valence-corrected chi connectivity index (χ1v) is 5.61. The minimum absolute atomic E-state index is 0.166. The molecular formula is C12H16N2O3. The van der Waals surface area contributed by atoms with Gasteiger partial charge in [0.2, 0.25) is 0 Å². The van der Waals surface area contributed by atoms with Crippen molar-refractivity contribution in [3.05, 3.63) is 24.3 Å². The molecule has 1 heterocycles. The molecule has 5 heteroatoms. The van der Waals surface area contributed by atoms with Crippen LogP contribution in [0.1, 0.15) is 12.8 Å². The average molecular weight is 236 g/mol. The van der Waals surface area contributed by atoms with Crippen LogP contribution >= 0.6 is 0 Å². The Hall–Kier alpha value is -1.75. The normalized spacial score (nSPS) is 18.8. The van der Waals surface area contributed by atoms with Crippen molar-refractivity contribution < 1.29 is 14.3 Å². The smallest absolute Gasteiger partial charge is 0.321 e. The van der Waals surface area contributed by atoms with Crippen LogP contribution in [0.25, 0.3) is 0 Å². The summed E-state index contributed by atoms with van der Waals surface area (Å²) in [6, 6.07) is 6.95. The molecule has 0 aromatic heterocycles. The zero-order chi connectivity index (χ0) is 12.1. The third kappa shape index (κ3) is 3.35. The number of carbonyl (C=O) groups is 1. The second-order valence-electron chi connectivity index (χ2n) is 3.83. The maximum absolute atomic E-state index is 11.6. The molecule has 2 N–H and O–H groups in total. The van der Waals surface area contributed by atoms with Gasteiger partial charge >= 0.3 is 6.03 Å². The Morgan fingerprint density at radius 2 is 2.41 bits per heavy atom. The van der Waals surface area contributed by atoms with Crippen LogP contribution in [-0.2, 0) is 4.74 Å². The van der Waals surface area contributed by atoms with Gasteiger partial charge in [-0.1, -0.05) is 6.07 Å². The standard InChI is InChI=1S/C12H16N2O3/c1-16-10-5-2-4-9(8-10)13-12(15)14-11-6-3-7-17-11/h2,4-5,8,11H,3,6-7H2,1H3,(H2,13,14,15). The van der Waals surface area contributed by atoms with Crippen molar-refractivity contribution in [3.8, 4) is 5.75 Å². The van der Waals surface area contributed by atoms with Gasteiger partial charge in [0, 0.05) is 18.4 Å². The summed E-state index contributed by atoms with van der Waals surface area (Å²) in [5.74, 6) is 0.708. The number of anilines is 1. The molecule has 0 spiro atoms. The van der Waals surface area contributed by atoms with E-state index in [9.17, 15) is 4.79 Å². The molecule has 1 aromatic rings. The minimum atomic E-state index is -0.259. The molecule has 5 nitrogen and oxygen atoms in total. The SMILES string of the molecule is COc1cccc(NC(=O)NC2CCCO2)c1. The van der Waals surface area contributed by atoms with Gasteiger partial charge in [-0.2, -0.15) is 0 Å². The number of benzene rings is 1. The molecular weight excluding hydrogens is 220 g/mol. The highest BCUT2D eigenvalue weighted by atomic mass is 16.5. The van der Waals surface area contributed by atoms with Gasteiger partial charge in [-0.15, -0.1) is 0 Å². The number of hydrogen-bond donors (Lipinski definition) is 2. The van der Waals surface area contributed by atoms with Gasteiger partial charge < -0.3 is 20.1 Å². The molecule has 92 valence electrons. The van der Waals surface area contributed by atoms with E-state index < -0.39 is 0 Å². The molecule has 17 heavy (non-hydrogen) atoms. The Bertz CT molecular complexity index is 389. The van der Waals surface area contributed by atoms with Crippen LogP contribution < -0.4 is 15.4 Å². The molecule has 0 radical (unpaired) electrons. The maximum atomic E-state index is 11.6. The summed E-state index contributed by atoms with van der Waals surface area (Å²) < 4.78 is 10.4. The fraction of sp³-hybridized carbons (Fsp3) is 0.417. The number of methoxy groups -OCH3 is 1. The summed E-state index contributed by atoms with van der Waals surface area (Å²) in [6.07, 6.45) is 1.69. The molecule has 1 aromatic carbocycles. The van der Waals surface area contributed by atoms with Gasteiger partial charge in [0.05, 0.1) is 7.11 Å². The third-order valence-corrected chi connectivity index (χ3v) is 2.55. The number of urea groups is 1. The van der Waals surface area contributed by atoms with Gasteiger partial charge in [0.25, 0.3) is 0 Å². The lowest BCUT2D eigenvalue weighted by Gasteiger charge is -2.13. The molecule has 1 aliphatic heterocycles. The second kappa shape index (κ2) is 5.54. The topological polar surface area (TPSA) is 59.6 Å². The Morgan fingerprint density at radius 1 is 1.53 bits per heavy atom. The van der Waals surface area contributed by atoms with Crippen molar-refractivity contribution in [2.75, 3.05) is 19.0 Å². The predicted octanol–water partition coefficient (Wildman–Crippen LogP) is 1.95. The lowest BCUT2D eigenvalue weighted by Crippen LogP contribution is -2.37. The van der Waals surface area contributed by atoms with Crippen LogP contribution in [0.2, 0.25) is 0 Å². The summed E-state index contributed by atoms with van der Waals surface area (Å²) in [5, 5.41) is 5.49. The van der Waals surface area contributed by atoms with Gasteiger partial charge in [-0.3, -0.25) is 0 Å². The zero-order valence-corrected chi connectivity index (χ0v) is 9.73. The van der Waals surface area contributed by atoms with Crippen molar-refractivity contribution >= 4 is 11.7 Å². The first-order chi connectivity index (χ1) is 8.28. The van der Waals surface area contributed by atoms with E-state index in [2.05, 4.69) is 10.6 Å². The molecule has 1 fully saturated rings. The molecule has 1 atom stereocenters. The summed E-state index contributed by atoms with van der Waals surface area (Å²) in [4.78, 5) is 11.6. The van der Waals surface area contributed by atoms with Crippen molar-refractivity contribution in [1.82, 2.24) is 5.32 Å². The van der Waals surface area contributed by atoms with E-state index in [0.29, 0.717) is 18.0 Å². The van der Waals surface area contributed by atoms with E-state index >= 15 is 0 Å². The summed E-state index contributed by atoms with van der Waals surface area (Å²) >= 11 is 0. The number of rotatable bonds is 3.